The summed E-state index contributed by atoms with van der Waals surface area (Å²) in [5.41, 5.74) is 7.02. The van der Waals surface area contributed by atoms with E-state index in [2.05, 4.69) is 55.8 Å². The monoisotopic (exact) mass is 502 g/mol. The van der Waals surface area contributed by atoms with Crippen molar-refractivity contribution in [1.82, 2.24) is 9.88 Å². The van der Waals surface area contributed by atoms with E-state index in [1.54, 1.807) is 0 Å². The van der Waals surface area contributed by atoms with Gasteiger partial charge in [-0.2, -0.15) is 0 Å². The number of Topliss-reactive ketones (excluding diaryl/α,β-unsaturated/α-hetero) is 1. The Bertz CT molecular complexity index is 1210. The molecule has 1 aromatic heterocycles. The van der Waals surface area contributed by atoms with Crippen molar-refractivity contribution in [3.8, 4) is 17.0 Å². The van der Waals surface area contributed by atoms with Crippen LogP contribution in [0.1, 0.15) is 112 Å². The Morgan fingerprint density at radius 3 is 2.46 bits per heavy atom. The van der Waals surface area contributed by atoms with E-state index in [1.165, 1.54) is 61.6 Å². The highest BCUT2D eigenvalue weighted by Crippen LogP contribution is 2.58. The smallest absolute Gasteiger partial charge is 0.253 e. The van der Waals surface area contributed by atoms with Crippen molar-refractivity contribution in [2.45, 2.75) is 115 Å². The zero-order valence-electron chi connectivity index (χ0n) is 23.0. The van der Waals surface area contributed by atoms with Crippen LogP contribution in [0.15, 0.2) is 18.2 Å². The van der Waals surface area contributed by atoms with Crippen molar-refractivity contribution in [3.05, 3.63) is 40.6 Å². The summed E-state index contributed by atoms with van der Waals surface area (Å²) in [5, 5.41) is 3.12. The number of nitrogens with zero attached hydrogens (tertiary/aromatic N) is 1. The summed E-state index contributed by atoms with van der Waals surface area (Å²) in [4.78, 5) is 24.9. The molecule has 1 amide bonds. The normalized spacial score (nSPS) is 21.4. The highest BCUT2D eigenvalue weighted by atomic mass is 16.5. The third-order valence-electron chi connectivity index (χ3n) is 9.50. The average molecular weight is 503 g/mol. The first kappa shape index (κ1) is 24.8. The van der Waals surface area contributed by atoms with Gasteiger partial charge in [-0.1, -0.05) is 40.0 Å². The maximum atomic E-state index is 13.4. The molecule has 5 heteroatoms. The summed E-state index contributed by atoms with van der Waals surface area (Å²) < 4.78 is 8.76. The molecule has 0 radical (unpaired) electrons. The summed E-state index contributed by atoms with van der Waals surface area (Å²) in [6.45, 7) is 10.7. The van der Waals surface area contributed by atoms with Crippen LogP contribution in [0.3, 0.4) is 0 Å². The Morgan fingerprint density at radius 2 is 1.81 bits per heavy atom. The van der Waals surface area contributed by atoms with Gasteiger partial charge in [0.15, 0.2) is 0 Å². The van der Waals surface area contributed by atoms with Crippen molar-refractivity contribution >= 4 is 11.7 Å². The van der Waals surface area contributed by atoms with Gasteiger partial charge in [-0.25, -0.2) is 0 Å². The minimum absolute atomic E-state index is 0.0207. The molecule has 1 N–H and O–H groups in total. The van der Waals surface area contributed by atoms with Gasteiger partial charge < -0.3 is 14.6 Å². The van der Waals surface area contributed by atoms with E-state index >= 15 is 0 Å². The average Bonchev–Trinajstić information content (AvgIpc) is 3.54. The van der Waals surface area contributed by atoms with Crippen LogP contribution in [0.4, 0.5) is 0 Å². The first-order valence-corrected chi connectivity index (χ1v) is 14.5. The van der Waals surface area contributed by atoms with Gasteiger partial charge >= 0.3 is 0 Å². The highest BCUT2D eigenvalue weighted by molar-refractivity contribution is 5.98. The second kappa shape index (κ2) is 9.03. The number of nitrogens with one attached hydrogen (secondary N) is 1. The molecule has 5 nitrogen and oxygen atoms in total. The fourth-order valence-corrected chi connectivity index (χ4v) is 6.87. The standard InChI is InChI=1S/C32H42N2O3/c1-20-25(30(36)33-23-16-24(35)17-23)18-28(34(20)19-21-8-6-5-7-9-21)22-14-26(31(2,3)4)29-27(15-22)32(10-11-32)12-13-37-29/h14-15,18,21,23H,5-13,16-17,19H2,1-4H3,(H,33,36). The van der Waals surface area contributed by atoms with Gasteiger partial charge in [0.1, 0.15) is 11.5 Å². The van der Waals surface area contributed by atoms with E-state index < -0.39 is 0 Å². The summed E-state index contributed by atoms with van der Waals surface area (Å²) in [7, 11) is 0. The number of carbonyl (C=O) groups excluding carboxylic acids is 2. The summed E-state index contributed by atoms with van der Waals surface area (Å²) in [6, 6.07) is 6.81. The molecule has 37 heavy (non-hydrogen) atoms. The molecule has 3 aliphatic carbocycles. The van der Waals surface area contributed by atoms with Gasteiger partial charge in [-0.3, -0.25) is 9.59 Å². The SMILES string of the molecule is Cc1c(C(=O)NC2CC(=O)C2)cc(-c2cc(C(C)(C)C)c3c(c2)C2(CCO3)CC2)n1CC1CCCCC1. The van der Waals surface area contributed by atoms with E-state index in [9.17, 15) is 9.59 Å². The lowest BCUT2D eigenvalue weighted by Crippen LogP contribution is -2.44. The number of ketones is 1. The molecule has 1 spiro atoms. The minimum atomic E-state index is -0.0466. The molecule has 1 aliphatic heterocycles. The molecule has 4 aliphatic rings. The maximum absolute atomic E-state index is 13.4. The maximum Gasteiger partial charge on any atom is 0.253 e. The number of rotatable bonds is 5. The molecule has 0 atom stereocenters. The molecule has 3 fully saturated rings. The largest absolute Gasteiger partial charge is 0.493 e. The van der Waals surface area contributed by atoms with Crippen LogP contribution >= 0.6 is 0 Å². The lowest BCUT2D eigenvalue weighted by Gasteiger charge is -2.33. The third-order valence-corrected chi connectivity index (χ3v) is 9.50. The van der Waals surface area contributed by atoms with Crippen molar-refractivity contribution in [1.29, 1.82) is 0 Å². The lowest BCUT2D eigenvalue weighted by molar-refractivity contribution is -0.124. The first-order chi connectivity index (χ1) is 17.6. The Kier molecular flexibility index (Phi) is 6.04. The minimum Gasteiger partial charge on any atom is -0.493 e. The van der Waals surface area contributed by atoms with Gasteiger partial charge in [0.05, 0.1) is 12.2 Å². The van der Waals surface area contributed by atoms with Gasteiger partial charge in [0, 0.05) is 53.4 Å². The predicted molar refractivity (Wildman–Crippen MR) is 146 cm³/mol. The Morgan fingerprint density at radius 1 is 1.08 bits per heavy atom. The number of fused-ring (bicyclic) bond motifs is 2. The third kappa shape index (κ3) is 4.53. The van der Waals surface area contributed by atoms with E-state index in [1.807, 2.05) is 0 Å². The quantitative estimate of drug-likeness (QED) is 0.500. The summed E-state index contributed by atoms with van der Waals surface area (Å²) >= 11 is 0. The van der Waals surface area contributed by atoms with Gasteiger partial charge in [-0.15, -0.1) is 0 Å². The van der Waals surface area contributed by atoms with Crippen LogP contribution < -0.4 is 10.1 Å². The highest BCUT2D eigenvalue weighted by Gasteiger charge is 2.49. The predicted octanol–water partition coefficient (Wildman–Crippen LogP) is 6.62. The van der Waals surface area contributed by atoms with E-state index in [4.69, 9.17) is 4.74 Å². The van der Waals surface area contributed by atoms with Crippen LogP contribution in [0.5, 0.6) is 5.75 Å². The van der Waals surface area contributed by atoms with Crippen LogP contribution in [0.2, 0.25) is 0 Å². The van der Waals surface area contributed by atoms with Gasteiger partial charge in [0.2, 0.25) is 0 Å². The van der Waals surface area contributed by atoms with Crippen LogP contribution in [0.25, 0.3) is 11.3 Å². The first-order valence-electron chi connectivity index (χ1n) is 14.5. The number of aromatic nitrogens is 1. The number of hydrogen-bond acceptors (Lipinski definition) is 3. The molecule has 0 unspecified atom stereocenters. The van der Waals surface area contributed by atoms with Crippen LogP contribution in [0, 0.1) is 12.8 Å². The Labute approximate surface area is 221 Å². The topological polar surface area (TPSA) is 60.3 Å². The summed E-state index contributed by atoms with van der Waals surface area (Å²) in [6.07, 6.45) is 11.0. The molecular weight excluding hydrogens is 460 g/mol. The number of ether oxygens (including phenoxy) is 1. The van der Waals surface area contributed by atoms with Gasteiger partial charge in [0.25, 0.3) is 5.91 Å². The molecule has 6 rings (SSSR count). The molecule has 0 bridgehead atoms. The van der Waals surface area contributed by atoms with Crippen molar-refractivity contribution in [2.24, 2.45) is 5.92 Å². The number of carbonyl (C=O) groups is 2. The fourth-order valence-electron chi connectivity index (χ4n) is 6.87. The van der Waals surface area contributed by atoms with Crippen molar-refractivity contribution in [3.63, 3.8) is 0 Å². The number of amides is 1. The fraction of sp³-hybridized carbons (Fsp3) is 0.625. The molecule has 198 valence electrons. The zero-order valence-corrected chi connectivity index (χ0v) is 23.0. The van der Waals surface area contributed by atoms with Crippen LogP contribution in [-0.4, -0.2) is 28.9 Å². The second-order valence-corrected chi connectivity index (χ2v) is 13.3. The van der Waals surface area contributed by atoms with E-state index in [-0.39, 0.29) is 28.6 Å². The lowest BCUT2D eigenvalue weighted by atomic mass is 9.79. The van der Waals surface area contributed by atoms with E-state index in [0.29, 0.717) is 18.8 Å². The Hall–Kier alpha value is -2.56. The Balaban J connectivity index is 1.45. The van der Waals surface area contributed by atoms with Crippen LogP contribution in [-0.2, 0) is 22.2 Å². The number of benzene rings is 1. The van der Waals surface area contributed by atoms with Gasteiger partial charge in [-0.05, 0) is 74.1 Å². The molecule has 3 saturated carbocycles. The molecule has 1 aromatic carbocycles. The van der Waals surface area contributed by atoms with Crippen molar-refractivity contribution < 1.29 is 14.3 Å². The van der Waals surface area contributed by atoms with E-state index in [0.717, 1.165) is 42.3 Å². The number of hydrogen-bond donors (Lipinski definition) is 1. The van der Waals surface area contributed by atoms with Crippen molar-refractivity contribution in [2.75, 3.05) is 6.61 Å². The molecule has 2 aromatic rings. The summed E-state index contributed by atoms with van der Waals surface area (Å²) in [5.74, 6) is 1.94. The second-order valence-electron chi connectivity index (χ2n) is 13.3. The molecule has 2 heterocycles. The molecular formula is C32H42N2O3. The molecule has 0 saturated heterocycles. The zero-order chi connectivity index (χ0) is 25.9.